The Balaban J connectivity index is 2.38. The van der Waals surface area contributed by atoms with Gasteiger partial charge in [-0.1, -0.05) is 58.2 Å². The van der Waals surface area contributed by atoms with Gasteiger partial charge in [0.05, 0.1) is 22.0 Å². The minimum Gasteiger partial charge on any atom is -0.354 e. The van der Waals surface area contributed by atoms with Crippen molar-refractivity contribution in [2.45, 2.75) is 32.9 Å². The molecule has 2 amide bonds. The van der Waals surface area contributed by atoms with E-state index < -0.39 is 28.5 Å². The smallest absolute Gasteiger partial charge is 0.244 e. The Morgan fingerprint density at radius 1 is 1.09 bits per heavy atom. The fraction of sp³-hybridized carbons (Fsp3) is 0.364. The molecule has 0 aliphatic heterocycles. The van der Waals surface area contributed by atoms with E-state index in [1.165, 1.54) is 23.1 Å². The number of sulfonamides is 1. The van der Waals surface area contributed by atoms with E-state index in [1.54, 1.807) is 6.92 Å². The van der Waals surface area contributed by atoms with Crippen LogP contribution in [0.15, 0.2) is 46.9 Å². The van der Waals surface area contributed by atoms with Crippen molar-refractivity contribution in [3.63, 3.8) is 0 Å². The average Bonchev–Trinajstić information content (AvgIpc) is 2.76. The minimum atomic E-state index is -3.84. The molecule has 33 heavy (non-hydrogen) atoms. The number of anilines is 1. The van der Waals surface area contributed by atoms with Crippen molar-refractivity contribution >= 4 is 66.7 Å². The topological polar surface area (TPSA) is 86.8 Å². The lowest BCUT2D eigenvalue weighted by Gasteiger charge is -2.31. The van der Waals surface area contributed by atoms with Gasteiger partial charge in [0.25, 0.3) is 0 Å². The van der Waals surface area contributed by atoms with Crippen LogP contribution in [0.2, 0.25) is 10.0 Å². The first kappa shape index (κ1) is 27.4. The van der Waals surface area contributed by atoms with E-state index in [0.29, 0.717) is 6.54 Å². The summed E-state index contributed by atoms with van der Waals surface area (Å²) in [7, 11) is -3.84. The monoisotopic (exact) mass is 577 g/mol. The minimum absolute atomic E-state index is 0.131. The quantitative estimate of drug-likeness (QED) is 0.451. The van der Waals surface area contributed by atoms with Gasteiger partial charge in [0.2, 0.25) is 21.8 Å². The van der Waals surface area contributed by atoms with Crippen molar-refractivity contribution in [2.75, 3.05) is 23.7 Å². The van der Waals surface area contributed by atoms with Gasteiger partial charge in [0.1, 0.15) is 12.6 Å². The molecule has 2 aromatic rings. The van der Waals surface area contributed by atoms with Crippen molar-refractivity contribution in [3.05, 3.63) is 62.5 Å². The first-order valence-corrected chi connectivity index (χ1v) is 13.6. The third-order valence-corrected chi connectivity index (χ3v) is 7.26. The van der Waals surface area contributed by atoms with Crippen LogP contribution < -0.4 is 9.62 Å². The highest BCUT2D eigenvalue weighted by Gasteiger charge is 2.30. The SMILES string of the molecule is CCCNC(=O)[C@@H](C)N(Cc1ccc(Br)cc1)C(=O)CN(c1ccc(Cl)c(Cl)c1)S(C)(=O)=O. The third-order valence-electron chi connectivity index (χ3n) is 4.85. The molecule has 1 atom stereocenters. The van der Waals surface area contributed by atoms with Gasteiger partial charge in [0.15, 0.2) is 0 Å². The molecular weight excluding hydrogens is 553 g/mol. The summed E-state index contributed by atoms with van der Waals surface area (Å²) in [6.07, 6.45) is 1.75. The van der Waals surface area contributed by atoms with E-state index in [1.807, 2.05) is 31.2 Å². The van der Waals surface area contributed by atoms with Crippen LogP contribution in [0.4, 0.5) is 5.69 Å². The van der Waals surface area contributed by atoms with Crippen LogP contribution in [0, 0.1) is 0 Å². The highest BCUT2D eigenvalue weighted by Crippen LogP contribution is 2.28. The van der Waals surface area contributed by atoms with Crippen LogP contribution in [-0.4, -0.2) is 50.5 Å². The third kappa shape index (κ3) is 7.88. The summed E-state index contributed by atoms with van der Waals surface area (Å²) in [4.78, 5) is 27.4. The second-order valence-electron chi connectivity index (χ2n) is 7.48. The molecule has 0 saturated carbocycles. The number of benzene rings is 2. The van der Waals surface area contributed by atoms with Crippen LogP contribution in [-0.2, 0) is 26.2 Å². The molecule has 2 aromatic carbocycles. The molecule has 0 aromatic heterocycles. The van der Waals surface area contributed by atoms with Crippen molar-refractivity contribution in [3.8, 4) is 0 Å². The standard InChI is InChI=1S/C22H26BrCl2N3O4S/c1-4-11-26-22(30)15(2)27(13-16-5-7-17(23)8-6-16)21(29)14-28(33(3,31)32)18-9-10-19(24)20(25)12-18/h5-10,12,15H,4,11,13-14H2,1-3H3,(H,26,30)/t15-/m1/s1. The number of carbonyl (C=O) groups excluding carboxylic acids is 2. The van der Waals surface area contributed by atoms with Crippen LogP contribution >= 0.6 is 39.1 Å². The summed E-state index contributed by atoms with van der Waals surface area (Å²) in [5.74, 6) is -0.851. The Morgan fingerprint density at radius 3 is 2.27 bits per heavy atom. The Bertz CT molecular complexity index is 1100. The van der Waals surface area contributed by atoms with Gasteiger partial charge in [-0.15, -0.1) is 0 Å². The summed E-state index contributed by atoms with van der Waals surface area (Å²) in [6, 6.07) is 10.8. The van der Waals surface area contributed by atoms with Gasteiger partial charge in [-0.05, 0) is 49.2 Å². The van der Waals surface area contributed by atoms with Crippen LogP contribution in [0.3, 0.4) is 0 Å². The lowest BCUT2D eigenvalue weighted by molar-refractivity contribution is -0.139. The molecule has 7 nitrogen and oxygen atoms in total. The molecule has 0 bridgehead atoms. The normalized spacial score (nSPS) is 12.2. The summed E-state index contributed by atoms with van der Waals surface area (Å²) < 4.78 is 26.9. The number of hydrogen-bond donors (Lipinski definition) is 1. The number of rotatable bonds is 10. The zero-order chi connectivity index (χ0) is 24.8. The van der Waals surface area contributed by atoms with Crippen molar-refractivity contribution in [1.29, 1.82) is 0 Å². The Morgan fingerprint density at radius 2 is 1.73 bits per heavy atom. The number of carbonyl (C=O) groups is 2. The lowest BCUT2D eigenvalue weighted by Crippen LogP contribution is -2.51. The second kappa shape index (κ2) is 12.1. The van der Waals surface area contributed by atoms with Crippen molar-refractivity contribution in [1.82, 2.24) is 10.2 Å². The average molecular weight is 579 g/mol. The molecule has 0 spiro atoms. The zero-order valence-corrected chi connectivity index (χ0v) is 22.4. The second-order valence-corrected chi connectivity index (χ2v) is 11.1. The van der Waals surface area contributed by atoms with Crippen LogP contribution in [0.25, 0.3) is 0 Å². The largest absolute Gasteiger partial charge is 0.354 e. The molecule has 1 N–H and O–H groups in total. The fourth-order valence-electron chi connectivity index (χ4n) is 3.02. The molecule has 11 heteroatoms. The van der Waals surface area contributed by atoms with Gasteiger partial charge in [-0.2, -0.15) is 0 Å². The molecule has 0 aliphatic carbocycles. The molecule has 0 saturated heterocycles. The summed E-state index contributed by atoms with van der Waals surface area (Å²) in [6.45, 7) is 3.65. The van der Waals surface area contributed by atoms with Gasteiger partial charge >= 0.3 is 0 Å². The maximum absolute atomic E-state index is 13.4. The molecule has 180 valence electrons. The highest BCUT2D eigenvalue weighted by atomic mass is 79.9. The Labute approximate surface area is 213 Å². The van der Waals surface area contributed by atoms with Gasteiger partial charge in [-0.3, -0.25) is 13.9 Å². The first-order chi connectivity index (χ1) is 15.4. The van der Waals surface area contributed by atoms with Gasteiger partial charge < -0.3 is 10.2 Å². The van der Waals surface area contributed by atoms with Gasteiger partial charge in [-0.25, -0.2) is 8.42 Å². The zero-order valence-electron chi connectivity index (χ0n) is 18.5. The van der Waals surface area contributed by atoms with E-state index in [2.05, 4.69) is 21.2 Å². The molecule has 2 rings (SSSR count). The molecule has 0 unspecified atom stereocenters. The maximum Gasteiger partial charge on any atom is 0.244 e. The number of halogens is 3. The molecule has 0 aliphatic rings. The molecule has 0 heterocycles. The van der Waals surface area contributed by atoms with E-state index in [0.717, 1.165) is 27.0 Å². The van der Waals surface area contributed by atoms with Crippen molar-refractivity contribution < 1.29 is 18.0 Å². The molecular formula is C22H26BrCl2N3O4S. The van der Waals surface area contributed by atoms with Gasteiger partial charge in [0, 0.05) is 17.6 Å². The predicted octanol–water partition coefficient (Wildman–Crippen LogP) is 4.47. The van der Waals surface area contributed by atoms with E-state index in [9.17, 15) is 18.0 Å². The maximum atomic E-state index is 13.4. The summed E-state index contributed by atoms with van der Waals surface area (Å²) >= 11 is 15.4. The number of amides is 2. The summed E-state index contributed by atoms with van der Waals surface area (Å²) in [5, 5.41) is 3.21. The van der Waals surface area contributed by atoms with Crippen LogP contribution in [0.1, 0.15) is 25.8 Å². The first-order valence-electron chi connectivity index (χ1n) is 10.2. The predicted molar refractivity (Wildman–Crippen MR) is 136 cm³/mol. The fourth-order valence-corrected chi connectivity index (χ4v) is 4.42. The Hall–Kier alpha value is -1.81. The summed E-state index contributed by atoms with van der Waals surface area (Å²) in [5.41, 5.74) is 0.995. The Kier molecular flexibility index (Phi) is 10.0. The van der Waals surface area contributed by atoms with E-state index >= 15 is 0 Å². The van der Waals surface area contributed by atoms with Crippen molar-refractivity contribution in [2.24, 2.45) is 0 Å². The van der Waals surface area contributed by atoms with Crippen LogP contribution in [0.5, 0.6) is 0 Å². The lowest BCUT2D eigenvalue weighted by atomic mass is 10.1. The van der Waals surface area contributed by atoms with E-state index in [4.69, 9.17) is 23.2 Å². The number of nitrogens with zero attached hydrogens (tertiary/aromatic N) is 2. The molecule has 0 radical (unpaired) electrons. The number of nitrogens with one attached hydrogen (secondary N) is 1. The van der Waals surface area contributed by atoms with E-state index in [-0.39, 0.29) is 28.2 Å². The number of hydrogen-bond acceptors (Lipinski definition) is 4. The highest BCUT2D eigenvalue weighted by molar-refractivity contribution is 9.10. The molecule has 0 fully saturated rings.